The smallest absolute Gasteiger partial charge is 0.322 e. The Kier molecular flexibility index (Phi) is 4.09. The molecule has 3 aromatic rings. The van der Waals surface area contributed by atoms with Crippen LogP contribution in [0.3, 0.4) is 0 Å². The van der Waals surface area contributed by atoms with E-state index in [1.165, 1.54) is 21.7 Å². The third kappa shape index (κ3) is 2.96. The molecular formula is C20H21N3OS. The lowest BCUT2D eigenvalue weighted by Crippen LogP contribution is -2.44. The van der Waals surface area contributed by atoms with Gasteiger partial charge < -0.3 is 14.8 Å². The summed E-state index contributed by atoms with van der Waals surface area (Å²) in [6.45, 7) is 5.66. The van der Waals surface area contributed by atoms with Crippen molar-refractivity contribution in [3.05, 3.63) is 75.7 Å². The van der Waals surface area contributed by atoms with Gasteiger partial charge in [0, 0.05) is 35.5 Å². The minimum absolute atomic E-state index is 0.0321. The third-order valence-electron chi connectivity index (χ3n) is 4.87. The molecule has 5 heteroatoms. The second-order valence-electron chi connectivity index (χ2n) is 6.47. The van der Waals surface area contributed by atoms with E-state index in [0.717, 1.165) is 12.2 Å². The number of carbonyl (C=O) groups is 1. The van der Waals surface area contributed by atoms with Crippen LogP contribution in [0.4, 0.5) is 10.5 Å². The van der Waals surface area contributed by atoms with Crippen molar-refractivity contribution in [1.82, 2.24) is 9.47 Å². The van der Waals surface area contributed by atoms with Gasteiger partial charge in [0.25, 0.3) is 0 Å². The number of carbonyl (C=O) groups excluding carboxylic acids is 1. The fourth-order valence-corrected chi connectivity index (χ4v) is 4.21. The summed E-state index contributed by atoms with van der Waals surface area (Å²) < 4.78 is 2.24. The van der Waals surface area contributed by atoms with Crippen molar-refractivity contribution in [3.8, 4) is 0 Å². The zero-order chi connectivity index (χ0) is 17.4. The molecule has 0 aliphatic carbocycles. The van der Waals surface area contributed by atoms with E-state index in [0.29, 0.717) is 6.54 Å². The summed E-state index contributed by atoms with van der Waals surface area (Å²) in [6.07, 6.45) is 2.09. The van der Waals surface area contributed by atoms with Gasteiger partial charge in [-0.05, 0) is 60.7 Å². The molecule has 4 rings (SSSR count). The van der Waals surface area contributed by atoms with Gasteiger partial charge in [-0.2, -0.15) is 0 Å². The van der Waals surface area contributed by atoms with Crippen LogP contribution in [-0.4, -0.2) is 22.0 Å². The van der Waals surface area contributed by atoms with Crippen molar-refractivity contribution in [2.24, 2.45) is 0 Å². The first-order valence-electron chi connectivity index (χ1n) is 8.47. The number of rotatable bonds is 2. The quantitative estimate of drug-likeness (QED) is 0.707. The molecule has 1 aromatic carbocycles. The number of urea groups is 1. The first kappa shape index (κ1) is 16.0. The van der Waals surface area contributed by atoms with Crippen molar-refractivity contribution >= 4 is 23.1 Å². The summed E-state index contributed by atoms with van der Waals surface area (Å²) in [7, 11) is 0. The number of thiophene rings is 1. The van der Waals surface area contributed by atoms with Crippen molar-refractivity contribution in [1.29, 1.82) is 0 Å². The monoisotopic (exact) mass is 351 g/mol. The number of aryl methyl sites for hydroxylation is 2. The van der Waals surface area contributed by atoms with Gasteiger partial charge in [-0.3, -0.25) is 0 Å². The van der Waals surface area contributed by atoms with Gasteiger partial charge in [0.05, 0.1) is 0 Å². The highest BCUT2D eigenvalue weighted by molar-refractivity contribution is 7.10. The highest BCUT2D eigenvalue weighted by atomic mass is 32.1. The Morgan fingerprint density at radius 3 is 2.76 bits per heavy atom. The number of nitrogens with one attached hydrogen (secondary N) is 1. The lowest BCUT2D eigenvalue weighted by molar-refractivity contribution is 0.183. The van der Waals surface area contributed by atoms with Crippen LogP contribution in [-0.2, 0) is 6.54 Å². The Labute approximate surface area is 151 Å². The van der Waals surface area contributed by atoms with Crippen molar-refractivity contribution in [3.63, 3.8) is 0 Å². The van der Waals surface area contributed by atoms with Crippen LogP contribution >= 0.6 is 11.3 Å². The Morgan fingerprint density at radius 1 is 1.12 bits per heavy atom. The largest absolute Gasteiger partial charge is 0.347 e. The Hall–Kier alpha value is -2.53. The maximum atomic E-state index is 13.0. The zero-order valence-corrected chi connectivity index (χ0v) is 15.2. The summed E-state index contributed by atoms with van der Waals surface area (Å²) in [5.41, 5.74) is 4.42. The summed E-state index contributed by atoms with van der Waals surface area (Å²) >= 11 is 1.69. The zero-order valence-electron chi connectivity index (χ0n) is 14.4. The normalized spacial score (nSPS) is 16.6. The number of benzene rings is 1. The number of nitrogens with zero attached hydrogens (tertiary/aromatic N) is 2. The van der Waals surface area contributed by atoms with Gasteiger partial charge >= 0.3 is 6.03 Å². The topological polar surface area (TPSA) is 37.3 Å². The second kappa shape index (κ2) is 6.41. The standard InChI is InChI=1S/C20H21N3OS/c1-14-7-8-16(13-15(14)2)21-20(24)23-11-10-22-9-3-5-17(22)19(23)18-6-4-12-25-18/h3-9,12-13,19H,10-11H2,1-2H3,(H,21,24)/t19-/m1/s1. The number of hydrogen-bond donors (Lipinski definition) is 1. The van der Waals surface area contributed by atoms with E-state index < -0.39 is 0 Å². The molecule has 2 aromatic heterocycles. The number of hydrogen-bond acceptors (Lipinski definition) is 2. The first-order chi connectivity index (χ1) is 12.1. The molecule has 0 saturated carbocycles. The molecule has 128 valence electrons. The Balaban J connectivity index is 1.64. The number of fused-ring (bicyclic) bond motifs is 1. The van der Waals surface area contributed by atoms with Gasteiger partial charge in [-0.25, -0.2) is 4.79 Å². The Morgan fingerprint density at radius 2 is 2.00 bits per heavy atom. The molecule has 25 heavy (non-hydrogen) atoms. The van der Waals surface area contributed by atoms with Gasteiger partial charge in [-0.15, -0.1) is 11.3 Å². The molecule has 2 amide bonds. The number of aromatic nitrogens is 1. The molecule has 4 nitrogen and oxygen atoms in total. The van der Waals surface area contributed by atoms with Crippen LogP contribution in [0, 0.1) is 13.8 Å². The maximum Gasteiger partial charge on any atom is 0.322 e. The summed E-state index contributed by atoms with van der Waals surface area (Å²) in [6, 6.07) is 14.3. The van der Waals surface area contributed by atoms with E-state index in [1.807, 2.05) is 29.2 Å². The van der Waals surface area contributed by atoms with E-state index in [-0.39, 0.29) is 12.1 Å². The third-order valence-corrected chi connectivity index (χ3v) is 5.79. The van der Waals surface area contributed by atoms with Crippen LogP contribution in [0.25, 0.3) is 0 Å². The number of amides is 2. The van der Waals surface area contributed by atoms with Gasteiger partial charge in [0.2, 0.25) is 0 Å². The van der Waals surface area contributed by atoms with Gasteiger partial charge in [0.1, 0.15) is 6.04 Å². The average Bonchev–Trinajstić information content (AvgIpc) is 3.28. The van der Waals surface area contributed by atoms with Crippen LogP contribution in [0.2, 0.25) is 0 Å². The molecule has 0 fully saturated rings. The van der Waals surface area contributed by atoms with E-state index >= 15 is 0 Å². The SMILES string of the molecule is Cc1ccc(NC(=O)N2CCn3cccc3[C@@H]2c2cccs2)cc1C. The predicted molar refractivity (Wildman–Crippen MR) is 102 cm³/mol. The minimum Gasteiger partial charge on any atom is -0.347 e. The lowest BCUT2D eigenvalue weighted by Gasteiger charge is -2.36. The highest BCUT2D eigenvalue weighted by Crippen LogP contribution is 2.35. The van der Waals surface area contributed by atoms with E-state index in [1.54, 1.807) is 11.3 Å². The molecule has 1 aliphatic heterocycles. The molecule has 1 N–H and O–H groups in total. The van der Waals surface area contributed by atoms with Crippen LogP contribution in [0.5, 0.6) is 0 Å². The molecular weight excluding hydrogens is 330 g/mol. The van der Waals surface area contributed by atoms with Crippen LogP contribution in [0.15, 0.2) is 54.0 Å². The molecule has 1 atom stereocenters. The summed E-state index contributed by atoms with van der Waals surface area (Å²) in [4.78, 5) is 16.1. The highest BCUT2D eigenvalue weighted by Gasteiger charge is 2.32. The van der Waals surface area contributed by atoms with E-state index in [4.69, 9.17) is 0 Å². The van der Waals surface area contributed by atoms with Crippen molar-refractivity contribution < 1.29 is 4.79 Å². The van der Waals surface area contributed by atoms with Gasteiger partial charge in [0.15, 0.2) is 0 Å². The molecule has 3 heterocycles. The Bertz CT molecular complexity index is 898. The fraction of sp³-hybridized carbons (Fsp3) is 0.250. The van der Waals surface area contributed by atoms with E-state index in [2.05, 4.69) is 53.5 Å². The molecule has 0 saturated heterocycles. The fourth-order valence-electron chi connectivity index (χ4n) is 3.36. The summed E-state index contributed by atoms with van der Waals surface area (Å²) in [5, 5.41) is 5.14. The number of anilines is 1. The van der Waals surface area contributed by atoms with Crippen molar-refractivity contribution in [2.75, 3.05) is 11.9 Å². The lowest BCUT2D eigenvalue weighted by atomic mass is 10.1. The second-order valence-corrected chi connectivity index (χ2v) is 7.45. The maximum absolute atomic E-state index is 13.0. The molecule has 1 aliphatic rings. The van der Waals surface area contributed by atoms with Gasteiger partial charge in [-0.1, -0.05) is 12.1 Å². The minimum atomic E-state index is -0.0471. The van der Waals surface area contributed by atoms with Crippen molar-refractivity contribution in [2.45, 2.75) is 26.4 Å². The predicted octanol–water partition coefficient (Wildman–Crippen LogP) is 4.80. The molecule has 0 bridgehead atoms. The van der Waals surface area contributed by atoms with E-state index in [9.17, 15) is 4.79 Å². The first-order valence-corrected chi connectivity index (χ1v) is 9.35. The molecule has 0 unspecified atom stereocenters. The average molecular weight is 351 g/mol. The molecule has 0 spiro atoms. The summed E-state index contributed by atoms with van der Waals surface area (Å²) in [5.74, 6) is 0. The van der Waals surface area contributed by atoms with Crippen LogP contribution < -0.4 is 5.32 Å². The molecule has 0 radical (unpaired) electrons. The van der Waals surface area contributed by atoms with Crippen LogP contribution in [0.1, 0.15) is 27.7 Å².